The van der Waals surface area contributed by atoms with Gasteiger partial charge in [-0.2, -0.15) is 4.31 Å². The summed E-state index contributed by atoms with van der Waals surface area (Å²) in [6, 6.07) is -0.946. The van der Waals surface area contributed by atoms with E-state index in [0.717, 1.165) is 11.8 Å². The van der Waals surface area contributed by atoms with Gasteiger partial charge in [0.15, 0.2) is 4.90 Å². The van der Waals surface area contributed by atoms with Crippen LogP contribution in [0.15, 0.2) is 17.0 Å². The molecular weight excluding hydrogens is 319 g/mol. The third kappa shape index (κ3) is 2.50. The summed E-state index contributed by atoms with van der Waals surface area (Å²) >= 11 is 1.00. The molecule has 1 atom stereocenters. The van der Waals surface area contributed by atoms with E-state index in [4.69, 9.17) is 5.11 Å². The van der Waals surface area contributed by atoms with Crippen LogP contribution in [0.4, 0.5) is 13.2 Å². The Morgan fingerprint density at radius 3 is 2.35 bits per heavy atom. The summed E-state index contributed by atoms with van der Waals surface area (Å²) in [5.74, 6) is -6.13. The van der Waals surface area contributed by atoms with Gasteiger partial charge in [0, 0.05) is 17.9 Å². The van der Waals surface area contributed by atoms with Gasteiger partial charge in [-0.15, -0.1) is 11.8 Å². The molecule has 0 radical (unpaired) electrons. The highest BCUT2D eigenvalue weighted by molar-refractivity contribution is 8.00. The Morgan fingerprint density at radius 1 is 1.30 bits per heavy atom. The van der Waals surface area contributed by atoms with Crippen molar-refractivity contribution in [1.29, 1.82) is 0 Å². The van der Waals surface area contributed by atoms with Gasteiger partial charge in [0.2, 0.25) is 0 Å². The highest BCUT2D eigenvalue weighted by Gasteiger charge is 2.42. The van der Waals surface area contributed by atoms with Crippen molar-refractivity contribution in [3.63, 3.8) is 0 Å². The molecule has 0 aromatic heterocycles. The van der Waals surface area contributed by atoms with Gasteiger partial charge in [-0.1, -0.05) is 0 Å². The van der Waals surface area contributed by atoms with Gasteiger partial charge >= 0.3 is 5.97 Å². The van der Waals surface area contributed by atoms with E-state index < -0.39 is 44.4 Å². The zero-order valence-corrected chi connectivity index (χ0v) is 11.3. The molecule has 1 heterocycles. The maximum atomic E-state index is 13.5. The average Bonchev–Trinajstić information content (AvgIpc) is 2.75. The first-order valence-electron chi connectivity index (χ1n) is 5.22. The first-order chi connectivity index (χ1) is 9.25. The van der Waals surface area contributed by atoms with Crippen LogP contribution in [0.5, 0.6) is 0 Å². The second kappa shape index (κ2) is 5.26. The van der Waals surface area contributed by atoms with Crippen molar-refractivity contribution in [2.75, 3.05) is 11.6 Å². The molecule has 1 aliphatic rings. The molecule has 0 spiro atoms. The first kappa shape index (κ1) is 15.1. The van der Waals surface area contributed by atoms with Crippen LogP contribution < -0.4 is 0 Å². The van der Waals surface area contributed by atoms with Crippen molar-refractivity contribution in [3.8, 4) is 0 Å². The number of benzene rings is 1. The molecule has 0 saturated carbocycles. The summed E-state index contributed by atoms with van der Waals surface area (Å²) in [6.45, 7) is 0. The largest absolute Gasteiger partial charge is 0.480 e. The topological polar surface area (TPSA) is 74.7 Å². The summed E-state index contributed by atoms with van der Waals surface area (Å²) in [7, 11) is -4.70. The van der Waals surface area contributed by atoms with Crippen molar-refractivity contribution >= 4 is 27.8 Å². The monoisotopic (exact) mass is 327 g/mol. The van der Waals surface area contributed by atoms with Gasteiger partial charge in [0.1, 0.15) is 23.5 Å². The van der Waals surface area contributed by atoms with Gasteiger partial charge in [-0.3, -0.25) is 4.79 Å². The predicted octanol–water partition coefficient (Wildman–Crippen LogP) is 1.25. The summed E-state index contributed by atoms with van der Waals surface area (Å²) in [6.07, 6.45) is 0. The number of halogens is 3. The molecule has 1 fully saturated rings. The predicted molar refractivity (Wildman–Crippen MR) is 64.1 cm³/mol. The molecule has 110 valence electrons. The van der Waals surface area contributed by atoms with Crippen LogP contribution in [0.1, 0.15) is 0 Å². The molecule has 0 aliphatic carbocycles. The quantitative estimate of drug-likeness (QED) is 0.904. The highest BCUT2D eigenvalue weighted by Crippen LogP contribution is 2.31. The zero-order valence-electron chi connectivity index (χ0n) is 9.72. The van der Waals surface area contributed by atoms with E-state index in [-0.39, 0.29) is 23.8 Å². The molecule has 10 heteroatoms. The molecule has 0 amide bonds. The molecule has 1 aliphatic heterocycles. The summed E-state index contributed by atoms with van der Waals surface area (Å²) in [5, 5.41) is 8.91. The lowest BCUT2D eigenvalue weighted by Gasteiger charge is -2.20. The molecule has 20 heavy (non-hydrogen) atoms. The first-order valence-corrected chi connectivity index (χ1v) is 7.81. The van der Waals surface area contributed by atoms with E-state index in [0.29, 0.717) is 4.31 Å². The van der Waals surface area contributed by atoms with Gasteiger partial charge in [0.05, 0.1) is 5.88 Å². The van der Waals surface area contributed by atoms with E-state index >= 15 is 0 Å². The Hall–Kier alpha value is -1.26. The minimum absolute atomic E-state index is 0.0288. The number of rotatable bonds is 3. The fourth-order valence-electron chi connectivity index (χ4n) is 1.75. The third-order valence-corrected chi connectivity index (χ3v) is 5.74. The fourth-order valence-corrected chi connectivity index (χ4v) is 4.98. The van der Waals surface area contributed by atoms with E-state index in [1.54, 1.807) is 0 Å². The lowest BCUT2D eigenvalue weighted by molar-refractivity contribution is -0.140. The molecule has 5 nitrogen and oxygen atoms in total. The smallest absolute Gasteiger partial charge is 0.322 e. The SMILES string of the molecule is O=C(O)[C@@H]1CSCN1S(=O)(=O)c1c(F)cc(F)cc1F. The van der Waals surface area contributed by atoms with Gasteiger partial charge < -0.3 is 5.11 Å². The number of carboxylic acids is 1. The zero-order chi connectivity index (χ0) is 15.1. The Labute approximate surface area is 116 Å². The fraction of sp³-hybridized carbons (Fsp3) is 0.300. The van der Waals surface area contributed by atoms with Crippen LogP contribution in [-0.4, -0.2) is 41.5 Å². The van der Waals surface area contributed by atoms with Crippen LogP contribution in [0.3, 0.4) is 0 Å². The standard InChI is InChI=1S/C10H8F3NO4S2/c11-5-1-6(12)9(7(13)2-5)20(17,18)14-4-19-3-8(14)10(15)16/h1-2,8H,3-4H2,(H,15,16)/t8-/m0/s1. The molecule has 0 unspecified atom stereocenters. The summed E-state index contributed by atoms with van der Waals surface area (Å²) in [4.78, 5) is 9.61. The van der Waals surface area contributed by atoms with Crippen LogP contribution in [0, 0.1) is 17.5 Å². The normalized spacial score (nSPS) is 20.2. The molecule has 1 aromatic carbocycles. The van der Waals surface area contributed by atoms with Crippen molar-refractivity contribution in [2.24, 2.45) is 0 Å². The molecule has 1 saturated heterocycles. The van der Waals surface area contributed by atoms with E-state index in [1.807, 2.05) is 0 Å². The van der Waals surface area contributed by atoms with E-state index in [1.165, 1.54) is 0 Å². The average molecular weight is 327 g/mol. The minimum atomic E-state index is -4.70. The summed E-state index contributed by atoms with van der Waals surface area (Å²) < 4.78 is 64.7. The Kier molecular flexibility index (Phi) is 3.98. The summed E-state index contributed by atoms with van der Waals surface area (Å²) in [5.41, 5.74) is 0. The number of thioether (sulfide) groups is 1. The molecular formula is C10H8F3NO4S2. The number of carbonyl (C=O) groups is 1. The second-order valence-electron chi connectivity index (χ2n) is 3.94. The van der Waals surface area contributed by atoms with Crippen molar-refractivity contribution < 1.29 is 31.5 Å². The Morgan fingerprint density at radius 2 is 1.85 bits per heavy atom. The van der Waals surface area contributed by atoms with Gasteiger partial charge in [-0.25, -0.2) is 21.6 Å². The molecule has 2 rings (SSSR count). The number of sulfonamides is 1. The number of hydrogen-bond acceptors (Lipinski definition) is 4. The van der Waals surface area contributed by atoms with Crippen LogP contribution in [0.2, 0.25) is 0 Å². The molecule has 1 aromatic rings. The van der Waals surface area contributed by atoms with E-state index in [2.05, 4.69) is 0 Å². The Balaban J connectivity index is 2.54. The highest BCUT2D eigenvalue weighted by atomic mass is 32.2. The number of nitrogens with zero attached hydrogens (tertiary/aromatic N) is 1. The van der Waals surface area contributed by atoms with Crippen molar-refractivity contribution in [2.45, 2.75) is 10.9 Å². The number of hydrogen-bond donors (Lipinski definition) is 1. The van der Waals surface area contributed by atoms with Gasteiger partial charge in [-0.05, 0) is 0 Å². The molecule has 1 N–H and O–H groups in total. The lowest BCUT2D eigenvalue weighted by Crippen LogP contribution is -2.42. The molecule has 0 bridgehead atoms. The minimum Gasteiger partial charge on any atom is -0.480 e. The number of carboxylic acid groups (broad SMARTS) is 1. The van der Waals surface area contributed by atoms with Crippen LogP contribution in [0.25, 0.3) is 0 Å². The number of aliphatic carboxylic acids is 1. The van der Waals surface area contributed by atoms with Crippen LogP contribution in [-0.2, 0) is 14.8 Å². The van der Waals surface area contributed by atoms with E-state index in [9.17, 15) is 26.4 Å². The van der Waals surface area contributed by atoms with Gasteiger partial charge in [0.25, 0.3) is 10.0 Å². The maximum Gasteiger partial charge on any atom is 0.322 e. The second-order valence-corrected chi connectivity index (χ2v) is 6.77. The third-order valence-electron chi connectivity index (χ3n) is 2.66. The Bertz CT molecular complexity index is 641. The van der Waals surface area contributed by atoms with Crippen LogP contribution >= 0.6 is 11.8 Å². The van der Waals surface area contributed by atoms with Crippen molar-refractivity contribution in [1.82, 2.24) is 4.31 Å². The van der Waals surface area contributed by atoms with Crippen molar-refractivity contribution in [3.05, 3.63) is 29.6 Å². The lowest BCUT2D eigenvalue weighted by atomic mass is 10.3. The maximum absolute atomic E-state index is 13.5.